The molecule has 72 valence electrons. The van der Waals surface area contributed by atoms with Crippen LogP contribution >= 0.6 is 11.3 Å². The summed E-state index contributed by atoms with van der Waals surface area (Å²) >= 11 is 1.65. The monoisotopic (exact) mass is 197 g/mol. The molecule has 0 radical (unpaired) electrons. The molecule has 1 N–H and O–H groups in total. The Labute approximate surface area is 82.8 Å². The number of likely N-dealkylation sites (tertiary alicyclic amines) is 1. The van der Waals surface area contributed by atoms with Gasteiger partial charge in [-0.3, -0.25) is 0 Å². The molecule has 1 fully saturated rings. The molecule has 13 heavy (non-hydrogen) atoms. The molecule has 0 saturated carbocycles. The van der Waals surface area contributed by atoms with Gasteiger partial charge in [-0.2, -0.15) is 11.3 Å². The normalized spacial score (nSPS) is 20.7. The van der Waals surface area contributed by atoms with E-state index in [-0.39, 0.29) is 6.10 Å². The second-order valence-corrected chi connectivity index (χ2v) is 4.36. The summed E-state index contributed by atoms with van der Waals surface area (Å²) in [7, 11) is 0. The van der Waals surface area contributed by atoms with Gasteiger partial charge in [-0.1, -0.05) is 0 Å². The van der Waals surface area contributed by atoms with Gasteiger partial charge < -0.3 is 10.0 Å². The Kier molecular flexibility index (Phi) is 2.98. The highest BCUT2D eigenvalue weighted by Gasteiger charge is 2.16. The van der Waals surface area contributed by atoms with E-state index in [2.05, 4.69) is 4.90 Å². The molecular formula is C10H15NOS. The molecule has 1 aromatic heterocycles. The minimum absolute atomic E-state index is 0.288. The van der Waals surface area contributed by atoms with Gasteiger partial charge in [-0.15, -0.1) is 0 Å². The fourth-order valence-corrected chi connectivity index (χ4v) is 2.49. The van der Waals surface area contributed by atoms with E-state index in [9.17, 15) is 5.11 Å². The lowest BCUT2D eigenvalue weighted by Crippen LogP contribution is -2.25. The second kappa shape index (κ2) is 4.22. The van der Waals surface area contributed by atoms with Gasteiger partial charge in [-0.25, -0.2) is 0 Å². The van der Waals surface area contributed by atoms with Crippen LogP contribution in [-0.2, 0) is 0 Å². The number of aliphatic hydroxyl groups excluding tert-OH is 1. The third-order valence-electron chi connectivity index (χ3n) is 2.56. The molecule has 2 heterocycles. The molecule has 0 aliphatic carbocycles. The van der Waals surface area contributed by atoms with Crippen LogP contribution in [0, 0.1) is 0 Å². The first-order chi connectivity index (χ1) is 6.36. The summed E-state index contributed by atoms with van der Waals surface area (Å²) in [5.74, 6) is 0. The van der Waals surface area contributed by atoms with E-state index in [1.807, 2.05) is 16.8 Å². The molecule has 3 heteroatoms. The highest BCUT2D eigenvalue weighted by molar-refractivity contribution is 7.07. The Hall–Kier alpha value is -0.380. The number of β-amino-alcohol motifs (C(OH)–C–C–N with tert-alkyl or cyclic N) is 1. The lowest BCUT2D eigenvalue weighted by molar-refractivity contribution is 0.126. The van der Waals surface area contributed by atoms with E-state index in [4.69, 9.17) is 0 Å². The molecule has 0 bridgehead atoms. The van der Waals surface area contributed by atoms with Crippen LogP contribution in [0.1, 0.15) is 24.5 Å². The minimum atomic E-state index is -0.288. The summed E-state index contributed by atoms with van der Waals surface area (Å²) in [6.07, 6.45) is 2.29. The molecule has 0 aromatic carbocycles. The zero-order chi connectivity index (χ0) is 9.10. The van der Waals surface area contributed by atoms with Gasteiger partial charge in [0.15, 0.2) is 0 Å². The second-order valence-electron chi connectivity index (χ2n) is 3.58. The summed E-state index contributed by atoms with van der Waals surface area (Å²) in [5.41, 5.74) is 1.07. The van der Waals surface area contributed by atoms with E-state index in [0.717, 1.165) is 25.2 Å². The van der Waals surface area contributed by atoms with Crippen molar-refractivity contribution in [1.82, 2.24) is 4.90 Å². The molecule has 1 aliphatic heterocycles. The zero-order valence-corrected chi connectivity index (χ0v) is 8.46. The van der Waals surface area contributed by atoms with Crippen molar-refractivity contribution in [1.29, 1.82) is 0 Å². The molecule has 2 nitrogen and oxygen atoms in total. The zero-order valence-electron chi connectivity index (χ0n) is 7.65. The molecule has 1 saturated heterocycles. The van der Waals surface area contributed by atoms with Crippen LogP contribution in [0.25, 0.3) is 0 Å². The van der Waals surface area contributed by atoms with E-state index < -0.39 is 0 Å². The topological polar surface area (TPSA) is 23.5 Å². The standard InChI is InChI=1S/C10H15NOS/c12-10(9-3-6-13-8-9)7-11-4-1-2-5-11/h3,6,8,10,12H,1-2,4-5,7H2. The predicted octanol–water partition coefficient (Wildman–Crippen LogP) is 1.88. The van der Waals surface area contributed by atoms with E-state index >= 15 is 0 Å². The van der Waals surface area contributed by atoms with Crippen LogP contribution in [0.3, 0.4) is 0 Å². The Morgan fingerprint density at radius 1 is 1.46 bits per heavy atom. The van der Waals surface area contributed by atoms with Crippen molar-refractivity contribution < 1.29 is 5.11 Å². The van der Waals surface area contributed by atoms with Crippen LogP contribution in [0.4, 0.5) is 0 Å². The summed E-state index contributed by atoms with van der Waals surface area (Å²) in [6.45, 7) is 3.11. The van der Waals surface area contributed by atoms with Gasteiger partial charge in [0, 0.05) is 6.54 Å². The maximum absolute atomic E-state index is 9.83. The number of aliphatic hydroxyl groups is 1. The van der Waals surface area contributed by atoms with Crippen LogP contribution in [0.5, 0.6) is 0 Å². The van der Waals surface area contributed by atoms with Crippen molar-refractivity contribution in [2.45, 2.75) is 18.9 Å². The Bertz CT molecular complexity index is 241. The highest BCUT2D eigenvalue weighted by atomic mass is 32.1. The van der Waals surface area contributed by atoms with Crippen LogP contribution in [-0.4, -0.2) is 29.6 Å². The van der Waals surface area contributed by atoms with Gasteiger partial charge in [-0.05, 0) is 48.3 Å². The van der Waals surface area contributed by atoms with Crippen LogP contribution in [0.2, 0.25) is 0 Å². The third kappa shape index (κ3) is 2.30. The SMILES string of the molecule is OC(CN1CCCC1)c1ccsc1. The van der Waals surface area contributed by atoms with Gasteiger partial charge in [0.05, 0.1) is 6.10 Å². The summed E-state index contributed by atoms with van der Waals surface area (Å²) < 4.78 is 0. The first-order valence-corrected chi connectivity index (χ1v) is 5.73. The molecule has 2 rings (SSSR count). The van der Waals surface area contributed by atoms with Crippen LogP contribution < -0.4 is 0 Å². The minimum Gasteiger partial charge on any atom is -0.387 e. The maximum Gasteiger partial charge on any atom is 0.0924 e. The third-order valence-corrected chi connectivity index (χ3v) is 3.26. The largest absolute Gasteiger partial charge is 0.387 e. The Morgan fingerprint density at radius 2 is 2.23 bits per heavy atom. The number of rotatable bonds is 3. The van der Waals surface area contributed by atoms with Gasteiger partial charge in [0.1, 0.15) is 0 Å². The van der Waals surface area contributed by atoms with Crippen LogP contribution in [0.15, 0.2) is 16.8 Å². The van der Waals surface area contributed by atoms with Gasteiger partial charge in [0.2, 0.25) is 0 Å². The van der Waals surface area contributed by atoms with E-state index in [1.165, 1.54) is 12.8 Å². The average Bonchev–Trinajstić information content (AvgIpc) is 2.74. The molecule has 1 unspecified atom stereocenters. The lowest BCUT2D eigenvalue weighted by Gasteiger charge is -2.18. The van der Waals surface area contributed by atoms with E-state index in [0.29, 0.717) is 0 Å². The maximum atomic E-state index is 9.83. The molecule has 1 aliphatic rings. The number of hydrogen-bond donors (Lipinski definition) is 1. The van der Waals surface area contributed by atoms with Gasteiger partial charge >= 0.3 is 0 Å². The fourth-order valence-electron chi connectivity index (χ4n) is 1.78. The van der Waals surface area contributed by atoms with Gasteiger partial charge in [0.25, 0.3) is 0 Å². The highest BCUT2D eigenvalue weighted by Crippen LogP contribution is 2.19. The molecule has 0 amide bonds. The van der Waals surface area contributed by atoms with Crippen molar-refractivity contribution in [3.63, 3.8) is 0 Å². The fraction of sp³-hybridized carbons (Fsp3) is 0.600. The number of hydrogen-bond acceptors (Lipinski definition) is 3. The summed E-state index contributed by atoms with van der Waals surface area (Å²) in [6, 6.07) is 2.01. The Balaban J connectivity index is 1.87. The predicted molar refractivity (Wildman–Crippen MR) is 55.0 cm³/mol. The van der Waals surface area contributed by atoms with Crippen molar-refractivity contribution in [3.05, 3.63) is 22.4 Å². The lowest BCUT2D eigenvalue weighted by atomic mass is 10.2. The molecule has 1 aromatic rings. The van der Waals surface area contributed by atoms with Crippen molar-refractivity contribution in [3.8, 4) is 0 Å². The Morgan fingerprint density at radius 3 is 2.85 bits per heavy atom. The first-order valence-electron chi connectivity index (χ1n) is 4.79. The quantitative estimate of drug-likeness (QED) is 0.799. The number of thiophene rings is 1. The average molecular weight is 197 g/mol. The molecule has 0 spiro atoms. The number of nitrogens with zero attached hydrogens (tertiary/aromatic N) is 1. The van der Waals surface area contributed by atoms with Crippen molar-refractivity contribution >= 4 is 11.3 Å². The van der Waals surface area contributed by atoms with E-state index in [1.54, 1.807) is 11.3 Å². The summed E-state index contributed by atoms with van der Waals surface area (Å²) in [5, 5.41) is 13.9. The summed E-state index contributed by atoms with van der Waals surface area (Å²) in [4.78, 5) is 2.34. The molecular weight excluding hydrogens is 182 g/mol. The molecule has 1 atom stereocenters. The first kappa shape index (κ1) is 9.19. The smallest absolute Gasteiger partial charge is 0.0924 e. The van der Waals surface area contributed by atoms with Crippen molar-refractivity contribution in [2.75, 3.05) is 19.6 Å². The van der Waals surface area contributed by atoms with Crippen molar-refractivity contribution in [2.24, 2.45) is 0 Å².